The largest absolute Gasteiger partial charge is 0.477 e. The molecule has 1 amide bonds. The molecule has 2 N–H and O–H groups in total. The molecular weight excluding hydrogens is 287 g/mol. The van der Waals surface area contributed by atoms with Crippen LogP contribution in [-0.2, 0) is 0 Å². The lowest BCUT2D eigenvalue weighted by molar-refractivity contribution is 0.0690. The van der Waals surface area contributed by atoms with Crippen molar-refractivity contribution in [1.29, 1.82) is 0 Å². The van der Waals surface area contributed by atoms with Crippen LogP contribution in [-0.4, -0.2) is 22.0 Å². The van der Waals surface area contributed by atoms with Crippen LogP contribution in [0.1, 0.15) is 20.8 Å². The van der Waals surface area contributed by atoms with Gasteiger partial charge in [-0.15, -0.1) is 0 Å². The van der Waals surface area contributed by atoms with Crippen LogP contribution in [0.2, 0.25) is 5.02 Å². The van der Waals surface area contributed by atoms with Crippen LogP contribution in [0.15, 0.2) is 36.4 Å². The molecule has 0 aliphatic rings. The average Bonchev–Trinajstić information content (AvgIpc) is 2.42. The second-order valence-electron chi connectivity index (χ2n) is 3.77. The first-order chi connectivity index (χ1) is 9.49. The van der Waals surface area contributed by atoms with Crippen molar-refractivity contribution in [2.75, 3.05) is 5.32 Å². The predicted molar refractivity (Wildman–Crippen MR) is 70.6 cm³/mol. The van der Waals surface area contributed by atoms with Crippen molar-refractivity contribution in [3.63, 3.8) is 0 Å². The van der Waals surface area contributed by atoms with Gasteiger partial charge < -0.3 is 10.4 Å². The third-order valence-corrected chi connectivity index (χ3v) is 2.79. The number of amides is 1. The van der Waals surface area contributed by atoms with E-state index in [4.69, 9.17) is 16.7 Å². The number of halogens is 2. The first kappa shape index (κ1) is 14.0. The van der Waals surface area contributed by atoms with Gasteiger partial charge in [0.05, 0.1) is 10.6 Å². The van der Waals surface area contributed by atoms with Crippen molar-refractivity contribution >= 4 is 29.3 Å². The minimum atomic E-state index is -1.22. The minimum Gasteiger partial charge on any atom is -0.477 e. The number of carboxylic acids is 1. The van der Waals surface area contributed by atoms with Gasteiger partial charge >= 0.3 is 5.97 Å². The van der Waals surface area contributed by atoms with Gasteiger partial charge in [0, 0.05) is 0 Å². The molecule has 7 heteroatoms. The summed E-state index contributed by atoms with van der Waals surface area (Å²) in [5.74, 6) is -2.57. The number of benzene rings is 1. The summed E-state index contributed by atoms with van der Waals surface area (Å²) in [4.78, 5) is 26.4. The van der Waals surface area contributed by atoms with E-state index in [1.807, 2.05) is 0 Å². The number of anilines is 1. The van der Waals surface area contributed by atoms with Gasteiger partial charge in [-0.25, -0.2) is 14.2 Å². The Hall–Kier alpha value is -2.47. The Morgan fingerprint density at radius 1 is 1.20 bits per heavy atom. The molecule has 0 saturated carbocycles. The molecule has 20 heavy (non-hydrogen) atoms. The monoisotopic (exact) mass is 294 g/mol. The summed E-state index contributed by atoms with van der Waals surface area (Å²) in [6, 6.07) is 7.95. The molecule has 0 aliphatic carbocycles. The molecule has 0 spiro atoms. The molecule has 0 radical (unpaired) electrons. The zero-order valence-corrected chi connectivity index (χ0v) is 10.7. The van der Waals surface area contributed by atoms with Crippen LogP contribution >= 0.6 is 11.6 Å². The van der Waals surface area contributed by atoms with Gasteiger partial charge in [-0.05, 0) is 24.3 Å². The quantitative estimate of drug-likeness (QED) is 0.912. The molecule has 0 saturated heterocycles. The maximum absolute atomic E-state index is 13.2. The van der Waals surface area contributed by atoms with Crippen molar-refractivity contribution in [2.45, 2.75) is 0 Å². The fraction of sp³-hybridized carbons (Fsp3) is 0. The number of hydrogen-bond donors (Lipinski definition) is 2. The zero-order valence-electron chi connectivity index (χ0n) is 9.93. The maximum atomic E-state index is 13.2. The van der Waals surface area contributed by atoms with E-state index in [0.717, 1.165) is 6.07 Å². The fourth-order valence-electron chi connectivity index (χ4n) is 1.49. The van der Waals surface area contributed by atoms with Gasteiger partial charge in [0.2, 0.25) is 0 Å². The second-order valence-corrected chi connectivity index (χ2v) is 4.15. The predicted octanol–water partition coefficient (Wildman–Crippen LogP) is 2.82. The number of aromatic carboxylic acids is 1. The van der Waals surface area contributed by atoms with Gasteiger partial charge in [-0.3, -0.25) is 4.79 Å². The molecule has 1 aromatic carbocycles. The lowest BCUT2D eigenvalue weighted by Crippen LogP contribution is -2.15. The molecule has 0 unspecified atom stereocenters. The molecule has 5 nitrogen and oxygen atoms in total. The Morgan fingerprint density at radius 2 is 1.90 bits per heavy atom. The highest BCUT2D eigenvalue weighted by Crippen LogP contribution is 2.20. The van der Waals surface area contributed by atoms with Crippen LogP contribution in [0.3, 0.4) is 0 Å². The van der Waals surface area contributed by atoms with Crippen LogP contribution in [0.25, 0.3) is 0 Å². The Kier molecular flexibility index (Phi) is 3.95. The molecule has 0 atom stereocenters. The van der Waals surface area contributed by atoms with Gasteiger partial charge in [0.25, 0.3) is 5.91 Å². The summed E-state index contributed by atoms with van der Waals surface area (Å²) in [6.45, 7) is 0. The van der Waals surface area contributed by atoms with Gasteiger partial charge in [-0.1, -0.05) is 23.7 Å². The highest BCUT2D eigenvalue weighted by Gasteiger charge is 2.14. The van der Waals surface area contributed by atoms with E-state index in [2.05, 4.69) is 10.3 Å². The van der Waals surface area contributed by atoms with Crippen LogP contribution in [0.5, 0.6) is 0 Å². The molecule has 2 rings (SSSR count). The van der Waals surface area contributed by atoms with E-state index in [1.165, 1.54) is 30.3 Å². The normalized spacial score (nSPS) is 10.1. The topological polar surface area (TPSA) is 79.3 Å². The van der Waals surface area contributed by atoms with Crippen molar-refractivity contribution in [3.05, 3.63) is 58.5 Å². The number of aromatic nitrogens is 1. The summed E-state index contributed by atoms with van der Waals surface area (Å²) in [6.07, 6.45) is 0. The molecule has 0 bridgehead atoms. The van der Waals surface area contributed by atoms with Crippen molar-refractivity contribution < 1.29 is 19.1 Å². The van der Waals surface area contributed by atoms with E-state index in [-0.39, 0.29) is 22.1 Å². The number of hydrogen-bond acceptors (Lipinski definition) is 3. The first-order valence-corrected chi connectivity index (χ1v) is 5.82. The second kappa shape index (κ2) is 5.66. The van der Waals surface area contributed by atoms with Crippen LogP contribution in [0.4, 0.5) is 10.2 Å². The zero-order chi connectivity index (χ0) is 14.7. The summed E-state index contributed by atoms with van der Waals surface area (Å²) in [5.41, 5.74) is -0.276. The van der Waals surface area contributed by atoms with Crippen molar-refractivity contribution in [2.24, 2.45) is 0 Å². The number of carboxylic acid groups (broad SMARTS) is 1. The molecular formula is C13H8ClFN2O3. The number of carbonyl (C=O) groups is 2. The Balaban J connectivity index is 2.26. The molecule has 1 aromatic heterocycles. The Labute approximate surface area is 118 Å². The highest BCUT2D eigenvalue weighted by molar-refractivity contribution is 6.34. The van der Waals surface area contributed by atoms with Crippen LogP contribution in [0, 0.1) is 5.82 Å². The van der Waals surface area contributed by atoms with E-state index in [0.29, 0.717) is 0 Å². The van der Waals surface area contributed by atoms with Crippen LogP contribution < -0.4 is 5.32 Å². The molecule has 2 aromatic rings. The lowest BCUT2D eigenvalue weighted by atomic mass is 10.2. The van der Waals surface area contributed by atoms with Crippen molar-refractivity contribution in [3.8, 4) is 0 Å². The maximum Gasteiger partial charge on any atom is 0.354 e. The van der Waals surface area contributed by atoms with E-state index in [1.54, 1.807) is 0 Å². The lowest BCUT2D eigenvalue weighted by Gasteiger charge is -2.07. The van der Waals surface area contributed by atoms with E-state index in [9.17, 15) is 14.0 Å². The number of carbonyl (C=O) groups excluding carboxylic acids is 1. The number of pyridine rings is 1. The standard InChI is InChI=1S/C13H8ClFN2O3/c14-11-7(3-1-4-8(11)15)12(18)17-10-6-2-5-9(16-10)13(19)20/h1-6H,(H,19,20)(H,16,17,18). The van der Waals surface area contributed by atoms with E-state index < -0.39 is 17.7 Å². The molecule has 1 heterocycles. The third kappa shape index (κ3) is 2.92. The summed E-state index contributed by atoms with van der Waals surface area (Å²) in [7, 11) is 0. The molecule has 0 aliphatic heterocycles. The van der Waals surface area contributed by atoms with Crippen molar-refractivity contribution in [1.82, 2.24) is 4.98 Å². The van der Waals surface area contributed by atoms with Gasteiger partial charge in [0.1, 0.15) is 11.6 Å². The molecule has 0 fully saturated rings. The summed E-state index contributed by atoms with van der Waals surface area (Å²) in [5, 5.41) is 10.8. The Bertz CT molecular complexity index is 691. The third-order valence-electron chi connectivity index (χ3n) is 2.41. The smallest absolute Gasteiger partial charge is 0.354 e. The summed E-state index contributed by atoms with van der Waals surface area (Å²) < 4.78 is 13.2. The highest BCUT2D eigenvalue weighted by atomic mass is 35.5. The van der Waals surface area contributed by atoms with Gasteiger partial charge in [-0.2, -0.15) is 0 Å². The Morgan fingerprint density at radius 3 is 2.60 bits per heavy atom. The SMILES string of the molecule is O=C(O)c1cccc(NC(=O)c2cccc(F)c2Cl)n1. The average molecular weight is 295 g/mol. The fourth-order valence-corrected chi connectivity index (χ4v) is 1.70. The minimum absolute atomic E-state index is 0.0372. The van der Waals surface area contributed by atoms with E-state index >= 15 is 0 Å². The number of nitrogens with one attached hydrogen (secondary N) is 1. The van der Waals surface area contributed by atoms with Gasteiger partial charge in [0.15, 0.2) is 5.69 Å². The summed E-state index contributed by atoms with van der Waals surface area (Å²) >= 11 is 5.69. The first-order valence-electron chi connectivity index (χ1n) is 5.45. The molecule has 102 valence electrons. The number of nitrogens with zero attached hydrogens (tertiary/aromatic N) is 1. The number of rotatable bonds is 3.